The molecule has 0 aliphatic heterocycles. The Kier molecular flexibility index (Phi) is 4.10. The summed E-state index contributed by atoms with van der Waals surface area (Å²) in [7, 11) is 1.62. The van der Waals surface area contributed by atoms with Crippen LogP contribution in [0.2, 0.25) is 0 Å². The summed E-state index contributed by atoms with van der Waals surface area (Å²) in [4.78, 5) is 13.4. The number of ether oxygens (including phenoxy) is 1. The smallest absolute Gasteiger partial charge is 0.276 e. The van der Waals surface area contributed by atoms with Crippen molar-refractivity contribution in [3.05, 3.63) is 73.5 Å². The fourth-order valence-corrected chi connectivity index (χ4v) is 3.91. The lowest BCUT2D eigenvalue weighted by atomic mass is 10.2. The minimum atomic E-state index is -0.119. The molecule has 2 aromatic heterocycles. The van der Waals surface area contributed by atoms with Crippen molar-refractivity contribution in [2.75, 3.05) is 7.11 Å². The third-order valence-corrected chi connectivity index (χ3v) is 5.43. The van der Waals surface area contributed by atoms with Crippen molar-refractivity contribution in [3.63, 3.8) is 0 Å². The van der Waals surface area contributed by atoms with Crippen LogP contribution in [-0.2, 0) is 0 Å². The van der Waals surface area contributed by atoms with Crippen molar-refractivity contribution in [3.8, 4) is 17.1 Å². The molecule has 0 N–H and O–H groups in total. The number of fused-ring (bicyclic) bond motifs is 1. The van der Waals surface area contributed by atoms with E-state index in [0.29, 0.717) is 15.3 Å². The van der Waals surface area contributed by atoms with Crippen LogP contribution >= 0.6 is 27.3 Å². The van der Waals surface area contributed by atoms with Crippen molar-refractivity contribution in [2.24, 2.45) is 0 Å². The molecule has 7 heteroatoms. The van der Waals surface area contributed by atoms with Gasteiger partial charge < -0.3 is 4.74 Å². The van der Waals surface area contributed by atoms with Crippen molar-refractivity contribution >= 4 is 38.3 Å². The van der Waals surface area contributed by atoms with Crippen molar-refractivity contribution in [1.29, 1.82) is 0 Å². The van der Waals surface area contributed by atoms with E-state index in [4.69, 9.17) is 4.74 Å². The molecule has 0 bridgehead atoms. The standard InChI is InChI=1S/C18H12BrN3O2S/c1-24-12-8-6-11(7-9-12)10-15-17(23)22-16(20-21-18(22)25-15)13-4-2-3-5-14(13)19/h2-10H,1H3. The fraction of sp³-hybridized carbons (Fsp3) is 0.0556. The normalized spacial score (nSPS) is 12.0. The topological polar surface area (TPSA) is 56.5 Å². The van der Waals surface area contributed by atoms with Crippen molar-refractivity contribution in [1.82, 2.24) is 14.6 Å². The van der Waals surface area contributed by atoms with E-state index in [0.717, 1.165) is 21.3 Å². The predicted molar refractivity (Wildman–Crippen MR) is 102 cm³/mol. The summed E-state index contributed by atoms with van der Waals surface area (Å²) in [6.07, 6.45) is 1.85. The van der Waals surface area contributed by atoms with E-state index in [2.05, 4.69) is 26.1 Å². The molecule has 25 heavy (non-hydrogen) atoms. The lowest BCUT2D eigenvalue weighted by molar-refractivity contribution is 0.415. The summed E-state index contributed by atoms with van der Waals surface area (Å²) in [5.41, 5.74) is 1.64. The molecule has 0 atom stereocenters. The van der Waals surface area contributed by atoms with Gasteiger partial charge in [0.1, 0.15) is 5.75 Å². The van der Waals surface area contributed by atoms with Crippen molar-refractivity contribution < 1.29 is 4.74 Å². The molecule has 2 heterocycles. The molecular weight excluding hydrogens is 402 g/mol. The first kappa shape index (κ1) is 16.0. The highest BCUT2D eigenvalue weighted by Crippen LogP contribution is 2.26. The molecule has 4 aromatic rings. The molecule has 0 radical (unpaired) electrons. The lowest BCUT2D eigenvalue weighted by Gasteiger charge is -1.99. The van der Waals surface area contributed by atoms with Crippen LogP contribution in [0.4, 0.5) is 0 Å². The summed E-state index contributed by atoms with van der Waals surface area (Å²) in [6, 6.07) is 15.2. The summed E-state index contributed by atoms with van der Waals surface area (Å²) >= 11 is 4.83. The minimum absolute atomic E-state index is 0.119. The van der Waals surface area contributed by atoms with Gasteiger partial charge in [0, 0.05) is 10.0 Å². The van der Waals surface area contributed by atoms with Gasteiger partial charge in [0.25, 0.3) is 5.56 Å². The SMILES string of the molecule is COc1ccc(C=c2sc3nnc(-c4ccccc4Br)n3c2=O)cc1. The third-order valence-electron chi connectivity index (χ3n) is 3.78. The van der Waals surface area contributed by atoms with Crippen LogP contribution < -0.4 is 14.8 Å². The molecule has 0 fully saturated rings. The number of aromatic nitrogens is 3. The molecule has 0 saturated heterocycles. The molecule has 0 unspecified atom stereocenters. The second-order valence-electron chi connectivity index (χ2n) is 5.31. The van der Waals surface area contributed by atoms with Crippen LogP contribution in [0.5, 0.6) is 5.75 Å². The zero-order valence-electron chi connectivity index (χ0n) is 13.1. The zero-order valence-corrected chi connectivity index (χ0v) is 15.5. The Balaban J connectivity index is 1.88. The molecule has 0 saturated carbocycles. The number of benzene rings is 2. The van der Waals surface area contributed by atoms with Crippen LogP contribution in [0.15, 0.2) is 57.8 Å². The van der Waals surface area contributed by atoms with Gasteiger partial charge in [-0.3, -0.25) is 4.79 Å². The Hall–Kier alpha value is -2.51. The number of rotatable bonds is 3. The first-order valence-corrected chi connectivity index (χ1v) is 9.07. The monoisotopic (exact) mass is 413 g/mol. The van der Waals surface area contributed by atoms with E-state index in [-0.39, 0.29) is 5.56 Å². The number of hydrogen-bond acceptors (Lipinski definition) is 5. The first-order chi connectivity index (χ1) is 12.2. The van der Waals surface area contributed by atoms with E-state index in [1.165, 1.54) is 11.3 Å². The Morgan fingerprint density at radius 3 is 2.60 bits per heavy atom. The number of nitrogens with zero attached hydrogens (tertiary/aromatic N) is 3. The summed E-state index contributed by atoms with van der Waals surface area (Å²) < 4.78 is 8.20. The highest BCUT2D eigenvalue weighted by Gasteiger charge is 2.15. The second kappa shape index (κ2) is 6.42. The minimum Gasteiger partial charge on any atom is -0.497 e. The van der Waals surface area contributed by atoms with E-state index < -0.39 is 0 Å². The van der Waals surface area contributed by atoms with Gasteiger partial charge in [0.05, 0.1) is 11.6 Å². The second-order valence-corrected chi connectivity index (χ2v) is 7.17. The maximum absolute atomic E-state index is 12.8. The Morgan fingerprint density at radius 2 is 1.88 bits per heavy atom. The van der Waals surface area contributed by atoms with Crippen LogP contribution in [0.25, 0.3) is 22.4 Å². The Bertz CT molecular complexity index is 1170. The Morgan fingerprint density at radius 1 is 1.12 bits per heavy atom. The molecule has 124 valence electrons. The highest BCUT2D eigenvalue weighted by atomic mass is 79.9. The first-order valence-electron chi connectivity index (χ1n) is 7.46. The molecule has 5 nitrogen and oxygen atoms in total. The lowest BCUT2D eigenvalue weighted by Crippen LogP contribution is -2.23. The largest absolute Gasteiger partial charge is 0.497 e. The van der Waals surface area contributed by atoms with Gasteiger partial charge in [-0.25, -0.2) is 4.40 Å². The van der Waals surface area contributed by atoms with Crippen molar-refractivity contribution in [2.45, 2.75) is 0 Å². The average molecular weight is 414 g/mol. The molecular formula is C18H12BrN3O2S. The number of hydrogen-bond donors (Lipinski definition) is 0. The van der Waals surface area contributed by atoms with Gasteiger partial charge in [0.15, 0.2) is 5.82 Å². The van der Waals surface area contributed by atoms with Crippen LogP contribution in [0.1, 0.15) is 5.56 Å². The summed E-state index contributed by atoms with van der Waals surface area (Å²) in [5, 5.41) is 8.34. The molecule has 2 aromatic carbocycles. The molecule has 0 aliphatic rings. The summed E-state index contributed by atoms with van der Waals surface area (Å²) in [5.74, 6) is 1.32. The van der Waals surface area contributed by atoms with E-state index in [1.807, 2.05) is 54.6 Å². The van der Waals surface area contributed by atoms with Gasteiger partial charge >= 0.3 is 0 Å². The van der Waals surface area contributed by atoms with Crippen LogP contribution in [0, 0.1) is 0 Å². The molecule has 0 spiro atoms. The van der Waals surface area contributed by atoms with E-state index in [1.54, 1.807) is 11.5 Å². The summed E-state index contributed by atoms with van der Waals surface area (Å²) in [6.45, 7) is 0. The molecule has 4 rings (SSSR count). The van der Waals surface area contributed by atoms with E-state index in [9.17, 15) is 4.79 Å². The number of thiazole rings is 1. The molecule has 0 amide bonds. The highest BCUT2D eigenvalue weighted by molar-refractivity contribution is 9.10. The maximum atomic E-state index is 12.8. The predicted octanol–water partition coefficient (Wildman–Crippen LogP) is 3.14. The van der Waals surface area contributed by atoms with E-state index >= 15 is 0 Å². The maximum Gasteiger partial charge on any atom is 0.276 e. The third kappa shape index (κ3) is 2.85. The molecule has 0 aliphatic carbocycles. The van der Waals surface area contributed by atoms with Crippen LogP contribution in [-0.4, -0.2) is 21.7 Å². The van der Waals surface area contributed by atoms with Gasteiger partial charge in [-0.1, -0.05) is 57.6 Å². The average Bonchev–Trinajstić information content (AvgIpc) is 3.17. The van der Waals surface area contributed by atoms with Gasteiger partial charge in [-0.2, -0.15) is 0 Å². The van der Waals surface area contributed by atoms with Gasteiger partial charge in [-0.05, 0) is 29.8 Å². The Labute approximate surface area is 155 Å². The quantitative estimate of drug-likeness (QED) is 0.517. The van der Waals surface area contributed by atoms with Gasteiger partial charge in [0.2, 0.25) is 4.96 Å². The fourth-order valence-electron chi connectivity index (χ4n) is 2.53. The van der Waals surface area contributed by atoms with Crippen LogP contribution in [0.3, 0.4) is 0 Å². The number of methoxy groups -OCH3 is 1. The number of halogens is 1. The van der Waals surface area contributed by atoms with Gasteiger partial charge in [-0.15, -0.1) is 10.2 Å². The zero-order chi connectivity index (χ0) is 17.4.